The van der Waals surface area contributed by atoms with Crippen molar-refractivity contribution in [1.82, 2.24) is 20.1 Å². The second-order valence-corrected chi connectivity index (χ2v) is 6.41. The van der Waals surface area contributed by atoms with Crippen molar-refractivity contribution in [3.8, 4) is 5.75 Å². The lowest BCUT2D eigenvalue weighted by Crippen LogP contribution is -2.23. The molecule has 0 fully saturated rings. The van der Waals surface area contributed by atoms with Gasteiger partial charge in [-0.2, -0.15) is 5.10 Å². The van der Waals surface area contributed by atoms with E-state index in [1.54, 1.807) is 6.07 Å². The number of carbonyl (C=O) groups excluding carboxylic acids is 1. The van der Waals surface area contributed by atoms with Gasteiger partial charge in [-0.3, -0.25) is 9.59 Å². The Bertz CT molecular complexity index is 1020. The first-order valence-electron chi connectivity index (χ1n) is 8.82. The molecule has 8 heteroatoms. The molecule has 1 aromatic heterocycles. The number of ether oxygens (including phenoxy) is 1. The molecule has 0 radical (unpaired) electrons. The highest BCUT2D eigenvalue weighted by Gasteiger charge is 2.29. The fourth-order valence-corrected chi connectivity index (χ4v) is 3.22. The van der Waals surface area contributed by atoms with Crippen LogP contribution in [0, 0.1) is 0 Å². The summed E-state index contributed by atoms with van der Waals surface area (Å²) in [6, 6.07) is 16.3. The minimum absolute atomic E-state index is 0.122. The van der Waals surface area contributed by atoms with Crippen molar-refractivity contribution in [3.05, 3.63) is 77.4 Å². The summed E-state index contributed by atoms with van der Waals surface area (Å²) >= 11 is 0. The van der Waals surface area contributed by atoms with Crippen LogP contribution in [-0.4, -0.2) is 31.7 Å². The Morgan fingerprint density at radius 2 is 1.89 bits per heavy atom. The van der Waals surface area contributed by atoms with Crippen molar-refractivity contribution >= 4 is 11.9 Å². The summed E-state index contributed by atoms with van der Waals surface area (Å²) in [6.45, 7) is -0.187. The number of hydrogen-bond donors (Lipinski definition) is 2. The Hall–Kier alpha value is -3.68. The number of amides is 1. The van der Waals surface area contributed by atoms with E-state index in [4.69, 9.17) is 4.74 Å². The van der Waals surface area contributed by atoms with E-state index in [0.717, 1.165) is 5.56 Å². The van der Waals surface area contributed by atoms with Crippen LogP contribution in [0.1, 0.15) is 33.6 Å². The van der Waals surface area contributed by atoms with Gasteiger partial charge in [-0.15, -0.1) is 0 Å². The van der Waals surface area contributed by atoms with Gasteiger partial charge in [0, 0.05) is 12.0 Å². The van der Waals surface area contributed by atoms with Gasteiger partial charge in [0.05, 0.1) is 6.04 Å². The number of carboxylic acids is 1. The van der Waals surface area contributed by atoms with Crippen molar-refractivity contribution in [1.29, 1.82) is 0 Å². The van der Waals surface area contributed by atoms with Crippen molar-refractivity contribution in [2.75, 3.05) is 0 Å². The summed E-state index contributed by atoms with van der Waals surface area (Å²) in [5, 5.41) is 16.4. The largest absolute Gasteiger partial charge is 0.486 e. The Kier molecular flexibility index (Phi) is 4.76. The summed E-state index contributed by atoms with van der Waals surface area (Å²) in [5.74, 6) is 0.388. The van der Waals surface area contributed by atoms with Crippen LogP contribution in [0.3, 0.4) is 0 Å². The number of carboxylic acid groups (broad SMARTS) is 1. The van der Waals surface area contributed by atoms with E-state index in [9.17, 15) is 14.7 Å². The van der Waals surface area contributed by atoms with Gasteiger partial charge in [0.1, 0.15) is 24.7 Å². The first kappa shape index (κ1) is 17.7. The monoisotopic (exact) mass is 378 g/mol. The second kappa shape index (κ2) is 7.51. The molecule has 0 spiro atoms. The summed E-state index contributed by atoms with van der Waals surface area (Å²) in [7, 11) is 0. The normalized spacial score (nSPS) is 15.1. The van der Waals surface area contributed by atoms with E-state index in [1.165, 1.54) is 4.68 Å². The first-order chi connectivity index (χ1) is 13.6. The number of aliphatic carboxylic acids is 1. The molecule has 1 amide bonds. The van der Waals surface area contributed by atoms with Gasteiger partial charge in [-0.25, -0.2) is 9.67 Å². The molecule has 1 atom stereocenters. The molecule has 3 aromatic rings. The van der Waals surface area contributed by atoms with Crippen LogP contribution in [-0.2, 0) is 24.4 Å². The maximum absolute atomic E-state index is 12.1. The highest BCUT2D eigenvalue weighted by atomic mass is 16.5. The van der Waals surface area contributed by atoms with Crippen LogP contribution >= 0.6 is 0 Å². The van der Waals surface area contributed by atoms with E-state index in [1.807, 2.05) is 48.5 Å². The average molecular weight is 378 g/mol. The van der Waals surface area contributed by atoms with Crippen LogP contribution in [0.15, 0.2) is 54.6 Å². The Labute approximate surface area is 160 Å². The topological polar surface area (TPSA) is 106 Å². The molecule has 2 N–H and O–H groups in total. The molecule has 2 aromatic carbocycles. The maximum Gasteiger partial charge on any atom is 0.325 e. The highest BCUT2D eigenvalue weighted by Crippen LogP contribution is 2.27. The maximum atomic E-state index is 12.1. The lowest BCUT2D eigenvalue weighted by molar-refractivity contribution is -0.137. The number of aromatic nitrogens is 3. The Morgan fingerprint density at radius 3 is 2.68 bits per heavy atom. The van der Waals surface area contributed by atoms with Crippen LogP contribution in [0.25, 0.3) is 0 Å². The van der Waals surface area contributed by atoms with Gasteiger partial charge in [0.25, 0.3) is 5.91 Å². The first-order valence-corrected chi connectivity index (χ1v) is 8.82. The third-order valence-electron chi connectivity index (χ3n) is 4.46. The molecule has 0 saturated carbocycles. The molecule has 1 aliphatic rings. The number of nitrogens with zero attached hydrogens (tertiary/aromatic N) is 3. The Balaban J connectivity index is 1.55. The average Bonchev–Trinajstić information content (AvgIpc) is 3.22. The van der Waals surface area contributed by atoms with Crippen LogP contribution in [0.5, 0.6) is 5.75 Å². The lowest BCUT2D eigenvalue weighted by atomic mass is 10.0. The van der Waals surface area contributed by atoms with Crippen molar-refractivity contribution in [2.24, 2.45) is 0 Å². The predicted molar refractivity (Wildman–Crippen MR) is 98.8 cm³/mol. The number of hydrogen-bond acceptors (Lipinski definition) is 5. The van der Waals surface area contributed by atoms with Gasteiger partial charge in [0.2, 0.25) is 0 Å². The summed E-state index contributed by atoms with van der Waals surface area (Å²) < 4.78 is 7.00. The van der Waals surface area contributed by atoms with Gasteiger partial charge in [0.15, 0.2) is 5.82 Å². The molecule has 2 heterocycles. The third kappa shape index (κ3) is 3.71. The van der Waals surface area contributed by atoms with E-state index in [-0.39, 0.29) is 25.1 Å². The zero-order valence-electron chi connectivity index (χ0n) is 14.9. The molecule has 0 bridgehead atoms. The number of rotatable bonds is 7. The van der Waals surface area contributed by atoms with Crippen molar-refractivity contribution in [3.63, 3.8) is 0 Å². The number of nitrogens with one attached hydrogen (secondary N) is 1. The van der Waals surface area contributed by atoms with Gasteiger partial charge >= 0.3 is 5.97 Å². The molecule has 8 nitrogen and oxygen atoms in total. The van der Waals surface area contributed by atoms with Crippen molar-refractivity contribution in [2.45, 2.75) is 25.6 Å². The summed E-state index contributed by atoms with van der Waals surface area (Å²) in [6.07, 6.45) is 0.342. The lowest BCUT2D eigenvalue weighted by Gasteiger charge is -2.11. The smallest absolute Gasteiger partial charge is 0.325 e. The zero-order valence-corrected chi connectivity index (χ0v) is 14.9. The predicted octanol–water partition coefficient (Wildman–Crippen LogP) is 1.97. The Morgan fingerprint density at radius 1 is 1.14 bits per heavy atom. The molecule has 0 saturated heterocycles. The van der Waals surface area contributed by atoms with E-state index >= 15 is 0 Å². The van der Waals surface area contributed by atoms with Gasteiger partial charge < -0.3 is 15.2 Å². The van der Waals surface area contributed by atoms with Gasteiger partial charge in [-0.05, 0) is 23.8 Å². The summed E-state index contributed by atoms with van der Waals surface area (Å²) in [4.78, 5) is 27.8. The fourth-order valence-electron chi connectivity index (χ4n) is 3.22. The van der Waals surface area contributed by atoms with Crippen molar-refractivity contribution < 1.29 is 19.4 Å². The number of fused-ring (bicyclic) bond motifs is 1. The van der Waals surface area contributed by atoms with Gasteiger partial charge in [-0.1, -0.05) is 36.4 Å². The minimum Gasteiger partial charge on any atom is -0.486 e. The second-order valence-electron chi connectivity index (χ2n) is 6.41. The number of benzene rings is 2. The third-order valence-corrected chi connectivity index (χ3v) is 4.46. The SMILES string of the molecule is O=C(O)Cn1nc(COc2ccccc2)nc1C[C@H]1NC(=O)c2ccccc21. The fraction of sp³-hybridized carbons (Fsp3) is 0.200. The molecule has 142 valence electrons. The molecular weight excluding hydrogens is 360 g/mol. The standard InChI is InChI=1S/C20H18N4O4/c25-19(26)11-24-18(10-16-14-8-4-5-9-15(14)20(27)21-16)22-17(23-24)12-28-13-6-2-1-3-7-13/h1-9,16H,10-12H2,(H,21,27)(H,25,26)/t16-/m1/s1. The quantitative estimate of drug-likeness (QED) is 0.651. The number of para-hydroxylation sites is 1. The highest BCUT2D eigenvalue weighted by molar-refractivity contribution is 5.99. The van der Waals surface area contributed by atoms with E-state index in [2.05, 4.69) is 15.4 Å². The summed E-state index contributed by atoms with van der Waals surface area (Å²) in [5.41, 5.74) is 1.50. The number of carbonyl (C=O) groups is 2. The van der Waals surface area contributed by atoms with E-state index in [0.29, 0.717) is 29.4 Å². The van der Waals surface area contributed by atoms with E-state index < -0.39 is 5.97 Å². The molecule has 0 aliphatic carbocycles. The molecular formula is C20H18N4O4. The minimum atomic E-state index is -1.02. The molecule has 1 aliphatic heterocycles. The zero-order chi connectivity index (χ0) is 19.5. The van der Waals surface area contributed by atoms with Crippen LogP contribution in [0.4, 0.5) is 0 Å². The molecule has 4 rings (SSSR count). The van der Waals surface area contributed by atoms with Crippen LogP contribution < -0.4 is 10.1 Å². The molecule has 28 heavy (non-hydrogen) atoms. The molecule has 0 unspecified atom stereocenters. The van der Waals surface area contributed by atoms with Crippen LogP contribution in [0.2, 0.25) is 0 Å².